The lowest BCUT2D eigenvalue weighted by atomic mass is 10.2. The number of nitrogens with one attached hydrogen (secondary N) is 1. The molecule has 86 valence electrons. The van der Waals surface area contributed by atoms with Crippen LogP contribution in [0.15, 0.2) is 36.4 Å². The molecule has 0 fully saturated rings. The first kappa shape index (κ1) is 11.3. The van der Waals surface area contributed by atoms with Crippen LogP contribution < -0.4 is 0 Å². The van der Waals surface area contributed by atoms with Crippen LogP contribution in [0.1, 0.15) is 19.0 Å². The Bertz CT molecular complexity index is 560. The topological polar surface area (TPSA) is 49.9 Å². The number of aromatic amines is 1. The number of ketones is 2. The fourth-order valence-corrected chi connectivity index (χ4v) is 1.67. The van der Waals surface area contributed by atoms with Gasteiger partial charge in [-0.1, -0.05) is 18.2 Å². The van der Waals surface area contributed by atoms with E-state index in [-0.39, 0.29) is 18.0 Å². The Morgan fingerprint density at radius 2 is 2.06 bits per heavy atom. The molecule has 1 heterocycles. The number of carbonyl (C=O) groups is 2. The summed E-state index contributed by atoms with van der Waals surface area (Å²) < 4.78 is 0. The maximum absolute atomic E-state index is 11.3. The van der Waals surface area contributed by atoms with Crippen molar-refractivity contribution in [3.63, 3.8) is 0 Å². The van der Waals surface area contributed by atoms with E-state index in [1.807, 2.05) is 30.3 Å². The van der Waals surface area contributed by atoms with Crippen molar-refractivity contribution in [1.82, 2.24) is 4.98 Å². The molecule has 0 spiro atoms. The molecule has 3 nitrogen and oxygen atoms in total. The van der Waals surface area contributed by atoms with Crippen LogP contribution in [0.25, 0.3) is 17.0 Å². The van der Waals surface area contributed by atoms with Gasteiger partial charge in [0, 0.05) is 11.2 Å². The number of rotatable bonds is 4. The van der Waals surface area contributed by atoms with Gasteiger partial charge in [0.2, 0.25) is 0 Å². The fraction of sp³-hybridized carbons (Fsp3) is 0.143. The zero-order valence-corrected chi connectivity index (χ0v) is 9.57. The summed E-state index contributed by atoms with van der Waals surface area (Å²) in [5.74, 6) is -0.285. The van der Waals surface area contributed by atoms with Crippen molar-refractivity contribution >= 4 is 28.5 Å². The van der Waals surface area contributed by atoms with Gasteiger partial charge in [0.1, 0.15) is 5.78 Å². The van der Waals surface area contributed by atoms with Crippen LogP contribution in [-0.2, 0) is 9.59 Å². The van der Waals surface area contributed by atoms with Crippen LogP contribution in [0.4, 0.5) is 0 Å². The van der Waals surface area contributed by atoms with Crippen LogP contribution in [0, 0.1) is 0 Å². The van der Waals surface area contributed by atoms with Crippen LogP contribution >= 0.6 is 0 Å². The molecule has 0 amide bonds. The molecule has 0 radical (unpaired) electrons. The minimum atomic E-state index is -0.170. The van der Waals surface area contributed by atoms with Gasteiger partial charge in [-0.2, -0.15) is 0 Å². The summed E-state index contributed by atoms with van der Waals surface area (Å²) in [5.41, 5.74) is 1.90. The van der Waals surface area contributed by atoms with Gasteiger partial charge >= 0.3 is 0 Å². The predicted molar refractivity (Wildman–Crippen MR) is 67.6 cm³/mol. The number of hydrogen-bond acceptors (Lipinski definition) is 2. The molecular weight excluding hydrogens is 214 g/mol. The van der Waals surface area contributed by atoms with Crippen molar-refractivity contribution in [2.75, 3.05) is 0 Å². The Labute approximate surface area is 99.1 Å². The SMILES string of the molecule is CC(=O)CC(=O)C=Cc1cc2ccccc2[nH]1. The highest BCUT2D eigenvalue weighted by atomic mass is 16.1. The number of fused-ring (bicyclic) bond motifs is 1. The maximum Gasteiger partial charge on any atom is 0.163 e. The number of carbonyl (C=O) groups excluding carboxylic acids is 2. The third-order valence-corrected chi connectivity index (χ3v) is 2.42. The maximum atomic E-state index is 11.3. The molecule has 17 heavy (non-hydrogen) atoms. The van der Waals surface area contributed by atoms with Gasteiger partial charge in [-0.25, -0.2) is 0 Å². The lowest BCUT2D eigenvalue weighted by molar-refractivity contribution is -0.123. The highest BCUT2D eigenvalue weighted by molar-refractivity contribution is 6.05. The van der Waals surface area contributed by atoms with E-state index < -0.39 is 0 Å². The molecule has 1 aromatic heterocycles. The summed E-state index contributed by atoms with van der Waals surface area (Å²) in [5, 5.41) is 1.10. The third kappa shape index (κ3) is 2.91. The summed E-state index contributed by atoms with van der Waals surface area (Å²) in [6.07, 6.45) is 3.11. The predicted octanol–water partition coefficient (Wildman–Crippen LogP) is 2.73. The summed E-state index contributed by atoms with van der Waals surface area (Å²) in [7, 11) is 0. The van der Waals surface area contributed by atoms with Gasteiger partial charge < -0.3 is 4.98 Å². The summed E-state index contributed by atoms with van der Waals surface area (Å²) >= 11 is 0. The van der Waals surface area contributed by atoms with E-state index in [2.05, 4.69) is 4.98 Å². The zero-order chi connectivity index (χ0) is 12.3. The van der Waals surface area contributed by atoms with Crippen molar-refractivity contribution < 1.29 is 9.59 Å². The van der Waals surface area contributed by atoms with E-state index in [4.69, 9.17) is 0 Å². The molecule has 3 heteroatoms. The Morgan fingerprint density at radius 3 is 2.76 bits per heavy atom. The minimum Gasteiger partial charge on any atom is -0.355 e. The van der Waals surface area contributed by atoms with Crippen LogP contribution in [0.5, 0.6) is 0 Å². The van der Waals surface area contributed by atoms with E-state index in [1.54, 1.807) is 6.08 Å². The average Bonchev–Trinajstić information content (AvgIpc) is 2.68. The molecule has 0 atom stereocenters. The van der Waals surface area contributed by atoms with E-state index in [1.165, 1.54) is 13.0 Å². The largest absolute Gasteiger partial charge is 0.355 e. The second-order valence-corrected chi connectivity index (χ2v) is 3.99. The smallest absolute Gasteiger partial charge is 0.163 e. The molecule has 2 aromatic rings. The normalized spacial score (nSPS) is 11.1. The van der Waals surface area contributed by atoms with E-state index in [0.717, 1.165) is 16.6 Å². The monoisotopic (exact) mass is 227 g/mol. The molecule has 0 unspecified atom stereocenters. The average molecular weight is 227 g/mol. The molecule has 0 aliphatic rings. The van der Waals surface area contributed by atoms with Gasteiger partial charge in [0.25, 0.3) is 0 Å². The summed E-state index contributed by atoms with van der Waals surface area (Å²) in [6.45, 7) is 1.41. The number of allylic oxidation sites excluding steroid dienone is 1. The van der Waals surface area contributed by atoms with Crippen molar-refractivity contribution in [2.45, 2.75) is 13.3 Å². The first-order chi connectivity index (χ1) is 8.15. The number of para-hydroxylation sites is 1. The highest BCUT2D eigenvalue weighted by Crippen LogP contribution is 2.15. The minimum absolute atomic E-state index is 0.0310. The van der Waals surface area contributed by atoms with Crippen molar-refractivity contribution in [1.29, 1.82) is 0 Å². The van der Waals surface area contributed by atoms with Gasteiger partial charge in [0.15, 0.2) is 5.78 Å². The van der Waals surface area contributed by atoms with Crippen molar-refractivity contribution in [3.8, 4) is 0 Å². The number of hydrogen-bond donors (Lipinski definition) is 1. The second-order valence-electron chi connectivity index (χ2n) is 3.99. The quantitative estimate of drug-likeness (QED) is 0.645. The third-order valence-electron chi connectivity index (χ3n) is 2.42. The molecule has 0 saturated heterocycles. The molecule has 0 aliphatic heterocycles. The van der Waals surface area contributed by atoms with Crippen molar-refractivity contribution in [2.24, 2.45) is 0 Å². The van der Waals surface area contributed by atoms with Gasteiger partial charge in [-0.15, -0.1) is 0 Å². The zero-order valence-electron chi connectivity index (χ0n) is 9.57. The van der Waals surface area contributed by atoms with Gasteiger partial charge in [-0.05, 0) is 36.6 Å². The molecule has 2 rings (SSSR count). The highest BCUT2D eigenvalue weighted by Gasteiger charge is 2.01. The number of benzene rings is 1. The molecule has 0 bridgehead atoms. The fourth-order valence-electron chi connectivity index (χ4n) is 1.67. The summed E-state index contributed by atoms with van der Waals surface area (Å²) in [4.78, 5) is 25.2. The molecule has 1 aromatic carbocycles. The van der Waals surface area contributed by atoms with Crippen LogP contribution in [0.3, 0.4) is 0 Å². The Morgan fingerprint density at radius 1 is 1.29 bits per heavy atom. The molecule has 0 saturated carbocycles. The lowest BCUT2D eigenvalue weighted by Gasteiger charge is -1.88. The molecule has 0 aliphatic carbocycles. The molecule has 1 N–H and O–H groups in total. The van der Waals surface area contributed by atoms with Gasteiger partial charge in [-0.3, -0.25) is 9.59 Å². The first-order valence-corrected chi connectivity index (χ1v) is 5.43. The van der Waals surface area contributed by atoms with Crippen LogP contribution in [0.2, 0.25) is 0 Å². The van der Waals surface area contributed by atoms with E-state index >= 15 is 0 Å². The number of aromatic nitrogens is 1. The van der Waals surface area contributed by atoms with E-state index in [9.17, 15) is 9.59 Å². The van der Waals surface area contributed by atoms with Crippen LogP contribution in [-0.4, -0.2) is 16.6 Å². The van der Waals surface area contributed by atoms with E-state index in [0.29, 0.717) is 0 Å². The second kappa shape index (κ2) is 4.78. The number of Topliss-reactive ketones (excluding diaryl/α,β-unsaturated/α-hetero) is 1. The number of H-pyrrole nitrogens is 1. The van der Waals surface area contributed by atoms with Gasteiger partial charge in [0.05, 0.1) is 6.42 Å². The Hall–Kier alpha value is -2.16. The first-order valence-electron chi connectivity index (χ1n) is 5.43. The standard InChI is InChI=1S/C14H13NO2/c1-10(16)8-13(17)7-6-12-9-11-4-2-3-5-14(11)15-12/h2-7,9,15H,8H2,1H3. The Balaban J connectivity index is 2.15. The molecular formula is C14H13NO2. The van der Waals surface area contributed by atoms with Crippen molar-refractivity contribution in [3.05, 3.63) is 42.1 Å². The lowest BCUT2D eigenvalue weighted by Crippen LogP contribution is -1.99. The Kier molecular flexibility index (Phi) is 3.19. The summed E-state index contributed by atoms with van der Waals surface area (Å²) in [6, 6.07) is 9.86.